The van der Waals surface area contributed by atoms with Crippen LogP contribution >= 0.6 is 0 Å². The van der Waals surface area contributed by atoms with E-state index < -0.39 is 0 Å². The molecule has 5 nitrogen and oxygen atoms in total. The second kappa shape index (κ2) is 6.59. The van der Waals surface area contributed by atoms with Crippen LogP contribution in [0.3, 0.4) is 0 Å². The van der Waals surface area contributed by atoms with Crippen LogP contribution in [0.2, 0.25) is 0 Å². The molecule has 0 aliphatic carbocycles. The number of anilines is 2. The van der Waals surface area contributed by atoms with Crippen molar-refractivity contribution in [3.63, 3.8) is 0 Å². The van der Waals surface area contributed by atoms with Crippen LogP contribution in [0.5, 0.6) is 0 Å². The fourth-order valence-corrected chi connectivity index (χ4v) is 2.37. The van der Waals surface area contributed by atoms with E-state index in [9.17, 15) is 4.79 Å². The van der Waals surface area contributed by atoms with Gasteiger partial charge in [0.25, 0.3) is 5.91 Å². The van der Waals surface area contributed by atoms with Gasteiger partial charge < -0.3 is 10.6 Å². The molecular weight excluding hydrogens is 300 g/mol. The SMILES string of the molecule is CC(C)(C)Nc1cc(C(=O)Nc2ccccc2C(C)(C)C)ncn1. The van der Waals surface area contributed by atoms with E-state index in [4.69, 9.17) is 0 Å². The summed E-state index contributed by atoms with van der Waals surface area (Å²) in [6.45, 7) is 12.5. The number of rotatable bonds is 3. The fraction of sp³-hybridized carbons (Fsp3) is 0.421. The van der Waals surface area contributed by atoms with E-state index in [-0.39, 0.29) is 16.9 Å². The van der Waals surface area contributed by atoms with Gasteiger partial charge in [0.1, 0.15) is 17.8 Å². The molecule has 0 fully saturated rings. The Labute approximate surface area is 143 Å². The minimum absolute atomic E-state index is 0.0610. The van der Waals surface area contributed by atoms with Crippen molar-refractivity contribution in [2.75, 3.05) is 10.6 Å². The van der Waals surface area contributed by atoms with Gasteiger partial charge in [0, 0.05) is 17.3 Å². The van der Waals surface area contributed by atoms with Crippen molar-refractivity contribution in [3.8, 4) is 0 Å². The molecule has 0 unspecified atom stereocenters. The maximum absolute atomic E-state index is 12.6. The van der Waals surface area contributed by atoms with Crippen LogP contribution in [0.1, 0.15) is 57.6 Å². The summed E-state index contributed by atoms with van der Waals surface area (Å²) in [6, 6.07) is 9.50. The van der Waals surface area contributed by atoms with Gasteiger partial charge in [-0.1, -0.05) is 39.0 Å². The summed E-state index contributed by atoms with van der Waals surface area (Å²) in [6.07, 6.45) is 1.40. The quantitative estimate of drug-likeness (QED) is 0.885. The van der Waals surface area contributed by atoms with Crippen LogP contribution < -0.4 is 10.6 Å². The Kier molecular flexibility index (Phi) is 4.92. The van der Waals surface area contributed by atoms with Crippen molar-refractivity contribution in [1.29, 1.82) is 0 Å². The first-order valence-electron chi connectivity index (χ1n) is 8.07. The highest BCUT2D eigenvalue weighted by molar-refractivity contribution is 6.03. The fourth-order valence-electron chi connectivity index (χ4n) is 2.37. The van der Waals surface area contributed by atoms with Gasteiger partial charge in [-0.05, 0) is 37.8 Å². The Morgan fingerprint density at radius 1 is 1.00 bits per heavy atom. The second-order valence-corrected chi connectivity index (χ2v) is 7.91. The molecular formula is C19H26N4O. The Morgan fingerprint density at radius 2 is 1.67 bits per heavy atom. The predicted molar refractivity (Wildman–Crippen MR) is 98.5 cm³/mol. The summed E-state index contributed by atoms with van der Waals surface area (Å²) in [5.74, 6) is 0.387. The number of amides is 1. The zero-order chi connectivity index (χ0) is 18.0. The van der Waals surface area contributed by atoms with Gasteiger partial charge in [0.2, 0.25) is 0 Å². The van der Waals surface area contributed by atoms with E-state index in [0.29, 0.717) is 11.5 Å². The van der Waals surface area contributed by atoms with Crippen LogP contribution in [0.4, 0.5) is 11.5 Å². The van der Waals surface area contributed by atoms with Crippen molar-refractivity contribution in [2.45, 2.75) is 52.5 Å². The van der Waals surface area contributed by atoms with Gasteiger partial charge >= 0.3 is 0 Å². The molecule has 0 saturated carbocycles. The zero-order valence-corrected chi connectivity index (χ0v) is 15.3. The van der Waals surface area contributed by atoms with E-state index in [1.54, 1.807) is 6.07 Å². The highest BCUT2D eigenvalue weighted by Gasteiger charge is 2.20. The molecule has 1 aromatic heterocycles. The maximum atomic E-state index is 12.6. The average Bonchev–Trinajstić information content (AvgIpc) is 2.45. The number of carbonyl (C=O) groups excluding carboxylic acids is 1. The maximum Gasteiger partial charge on any atom is 0.274 e. The molecule has 2 rings (SSSR count). The third kappa shape index (κ3) is 4.78. The first kappa shape index (κ1) is 17.9. The zero-order valence-electron chi connectivity index (χ0n) is 15.3. The largest absolute Gasteiger partial charge is 0.365 e. The molecule has 0 radical (unpaired) electrons. The number of benzene rings is 1. The lowest BCUT2D eigenvalue weighted by Gasteiger charge is -2.23. The molecule has 0 spiro atoms. The molecule has 1 heterocycles. The molecule has 0 aliphatic rings. The highest BCUT2D eigenvalue weighted by atomic mass is 16.1. The molecule has 0 atom stereocenters. The van der Waals surface area contributed by atoms with Gasteiger partial charge in [-0.2, -0.15) is 0 Å². The number of nitrogens with zero attached hydrogens (tertiary/aromatic N) is 2. The summed E-state index contributed by atoms with van der Waals surface area (Å²) < 4.78 is 0. The Bertz CT molecular complexity index is 727. The number of aromatic nitrogens is 2. The van der Waals surface area contributed by atoms with E-state index in [2.05, 4.69) is 41.4 Å². The van der Waals surface area contributed by atoms with Crippen molar-refractivity contribution >= 4 is 17.4 Å². The van der Waals surface area contributed by atoms with Gasteiger partial charge in [-0.3, -0.25) is 4.79 Å². The number of hydrogen-bond acceptors (Lipinski definition) is 4. The summed E-state index contributed by atoms with van der Waals surface area (Å²) in [4.78, 5) is 20.8. The molecule has 5 heteroatoms. The smallest absolute Gasteiger partial charge is 0.274 e. The lowest BCUT2D eigenvalue weighted by molar-refractivity contribution is 0.102. The normalized spacial score (nSPS) is 11.9. The van der Waals surface area contributed by atoms with Gasteiger partial charge in [0.15, 0.2) is 0 Å². The number of nitrogens with one attached hydrogen (secondary N) is 2. The van der Waals surface area contributed by atoms with Gasteiger partial charge in [0.05, 0.1) is 0 Å². The molecule has 0 bridgehead atoms. The van der Waals surface area contributed by atoms with Crippen molar-refractivity contribution in [2.24, 2.45) is 0 Å². The van der Waals surface area contributed by atoms with Crippen LogP contribution in [-0.2, 0) is 5.41 Å². The third-order valence-corrected chi connectivity index (χ3v) is 3.39. The average molecular weight is 326 g/mol. The Hall–Kier alpha value is -2.43. The first-order chi connectivity index (χ1) is 11.1. The molecule has 128 valence electrons. The van der Waals surface area contributed by atoms with Crippen molar-refractivity contribution in [3.05, 3.63) is 47.9 Å². The summed E-state index contributed by atoms with van der Waals surface area (Å²) in [5.41, 5.74) is 2.02. The van der Waals surface area contributed by atoms with Crippen LogP contribution in [0.15, 0.2) is 36.7 Å². The predicted octanol–water partition coefficient (Wildman–Crippen LogP) is 4.24. The molecule has 0 saturated heterocycles. The molecule has 0 aliphatic heterocycles. The van der Waals surface area contributed by atoms with E-state index in [1.807, 2.05) is 45.0 Å². The summed E-state index contributed by atoms with van der Waals surface area (Å²) in [5, 5.41) is 6.21. The lowest BCUT2D eigenvalue weighted by atomic mass is 9.86. The minimum atomic E-state index is -0.244. The van der Waals surface area contributed by atoms with E-state index in [0.717, 1.165) is 11.3 Å². The number of carbonyl (C=O) groups is 1. The molecule has 24 heavy (non-hydrogen) atoms. The Balaban J connectivity index is 2.24. The van der Waals surface area contributed by atoms with E-state index in [1.165, 1.54) is 6.33 Å². The van der Waals surface area contributed by atoms with Gasteiger partial charge in [-0.25, -0.2) is 9.97 Å². The number of para-hydroxylation sites is 1. The summed E-state index contributed by atoms with van der Waals surface area (Å²) >= 11 is 0. The molecule has 2 aromatic rings. The molecule has 2 N–H and O–H groups in total. The standard InChI is InChI=1S/C19H26N4O/c1-18(2,3)13-9-7-8-10-14(13)22-17(24)15-11-16(21-12-20-15)23-19(4,5)6/h7-12H,1-6H3,(H,22,24)(H,20,21,23). The van der Waals surface area contributed by atoms with Crippen LogP contribution in [-0.4, -0.2) is 21.4 Å². The second-order valence-electron chi connectivity index (χ2n) is 7.91. The molecule has 1 amide bonds. The first-order valence-corrected chi connectivity index (χ1v) is 8.07. The minimum Gasteiger partial charge on any atom is -0.365 e. The lowest BCUT2D eigenvalue weighted by Crippen LogP contribution is -2.27. The van der Waals surface area contributed by atoms with Crippen molar-refractivity contribution < 1.29 is 4.79 Å². The van der Waals surface area contributed by atoms with E-state index >= 15 is 0 Å². The van der Waals surface area contributed by atoms with Crippen LogP contribution in [0.25, 0.3) is 0 Å². The highest BCUT2D eigenvalue weighted by Crippen LogP contribution is 2.29. The topological polar surface area (TPSA) is 66.9 Å². The molecule has 1 aromatic carbocycles. The third-order valence-electron chi connectivity index (χ3n) is 3.39. The van der Waals surface area contributed by atoms with Gasteiger partial charge in [-0.15, -0.1) is 0 Å². The number of hydrogen-bond donors (Lipinski definition) is 2. The Morgan fingerprint density at radius 3 is 2.29 bits per heavy atom. The van der Waals surface area contributed by atoms with Crippen LogP contribution in [0, 0.1) is 0 Å². The summed E-state index contributed by atoms with van der Waals surface area (Å²) in [7, 11) is 0. The monoisotopic (exact) mass is 326 g/mol. The van der Waals surface area contributed by atoms with Crippen molar-refractivity contribution in [1.82, 2.24) is 9.97 Å².